The van der Waals surface area contributed by atoms with E-state index in [1.807, 2.05) is 23.9 Å². The van der Waals surface area contributed by atoms with Gasteiger partial charge in [-0.05, 0) is 11.1 Å². The van der Waals surface area contributed by atoms with Gasteiger partial charge in [0, 0.05) is 25.9 Å². The Morgan fingerprint density at radius 1 is 1.22 bits per heavy atom. The highest BCUT2D eigenvalue weighted by atomic mass is 15.3. The van der Waals surface area contributed by atoms with Gasteiger partial charge in [0.1, 0.15) is 5.82 Å². The summed E-state index contributed by atoms with van der Waals surface area (Å²) in [5.41, 5.74) is 8.15. The number of nitrogens with zero attached hydrogens (tertiary/aromatic N) is 3. The molecule has 0 unspecified atom stereocenters. The lowest BCUT2D eigenvalue weighted by Gasteiger charge is -2.06. The van der Waals surface area contributed by atoms with Crippen molar-refractivity contribution in [3.05, 3.63) is 47.0 Å². The van der Waals surface area contributed by atoms with Crippen LogP contribution >= 0.6 is 0 Å². The first-order valence-corrected chi connectivity index (χ1v) is 6.28. The van der Waals surface area contributed by atoms with Crippen molar-refractivity contribution >= 4 is 0 Å². The molecule has 0 saturated heterocycles. The Morgan fingerprint density at radius 2 is 1.89 bits per heavy atom. The predicted octanol–water partition coefficient (Wildman–Crippen LogP) is 1.99. The maximum absolute atomic E-state index is 5.75. The van der Waals surface area contributed by atoms with E-state index in [1.54, 1.807) is 0 Å². The molecule has 0 saturated carbocycles. The first kappa shape index (κ1) is 12.8. The van der Waals surface area contributed by atoms with Gasteiger partial charge in [-0.15, -0.1) is 0 Å². The van der Waals surface area contributed by atoms with Crippen molar-refractivity contribution < 1.29 is 0 Å². The van der Waals surface area contributed by atoms with Crippen LogP contribution in [0.1, 0.15) is 42.5 Å². The molecule has 0 aliphatic heterocycles. The highest BCUT2D eigenvalue weighted by Crippen LogP contribution is 2.15. The minimum atomic E-state index is 0.356. The second-order valence-corrected chi connectivity index (χ2v) is 4.81. The fourth-order valence-electron chi connectivity index (χ4n) is 1.94. The SMILES string of the molecule is CC(C)c1nc(Cc2ccccc2CN)n(C)n1. The second-order valence-electron chi connectivity index (χ2n) is 4.81. The van der Waals surface area contributed by atoms with Crippen LogP contribution in [0.5, 0.6) is 0 Å². The summed E-state index contributed by atoms with van der Waals surface area (Å²) >= 11 is 0. The monoisotopic (exact) mass is 244 g/mol. The van der Waals surface area contributed by atoms with Crippen molar-refractivity contribution in [3.63, 3.8) is 0 Å². The molecule has 0 radical (unpaired) electrons. The number of benzene rings is 1. The molecular weight excluding hydrogens is 224 g/mol. The number of hydrogen-bond donors (Lipinski definition) is 1. The van der Waals surface area contributed by atoms with Crippen LogP contribution in [-0.2, 0) is 20.0 Å². The predicted molar refractivity (Wildman–Crippen MR) is 72.2 cm³/mol. The zero-order valence-corrected chi connectivity index (χ0v) is 11.2. The average molecular weight is 244 g/mol. The fourth-order valence-corrected chi connectivity index (χ4v) is 1.94. The van der Waals surface area contributed by atoms with Crippen molar-refractivity contribution in [2.24, 2.45) is 12.8 Å². The van der Waals surface area contributed by atoms with Gasteiger partial charge in [-0.2, -0.15) is 5.10 Å². The number of rotatable bonds is 4. The maximum atomic E-state index is 5.75. The standard InChI is InChI=1S/C14H20N4/c1-10(2)14-16-13(18(3)17-14)8-11-6-4-5-7-12(11)9-15/h4-7,10H,8-9,15H2,1-3H3. The van der Waals surface area contributed by atoms with Crippen LogP contribution in [0.15, 0.2) is 24.3 Å². The van der Waals surface area contributed by atoms with Gasteiger partial charge >= 0.3 is 0 Å². The summed E-state index contributed by atoms with van der Waals surface area (Å²) in [6, 6.07) is 8.22. The average Bonchev–Trinajstić information content (AvgIpc) is 2.72. The van der Waals surface area contributed by atoms with E-state index in [9.17, 15) is 0 Å². The highest BCUT2D eigenvalue weighted by molar-refractivity contribution is 5.29. The third-order valence-electron chi connectivity index (χ3n) is 3.07. The van der Waals surface area contributed by atoms with Gasteiger partial charge in [-0.1, -0.05) is 38.1 Å². The van der Waals surface area contributed by atoms with E-state index in [2.05, 4.69) is 36.1 Å². The molecule has 0 bridgehead atoms. The van der Waals surface area contributed by atoms with Gasteiger partial charge in [0.25, 0.3) is 0 Å². The summed E-state index contributed by atoms with van der Waals surface area (Å²) in [5, 5.41) is 4.44. The third kappa shape index (κ3) is 2.59. The van der Waals surface area contributed by atoms with Crippen LogP contribution in [0.2, 0.25) is 0 Å². The topological polar surface area (TPSA) is 56.7 Å². The summed E-state index contributed by atoms with van der Waals surface area (Å²) < 4.78 is 1.86. The van der Waals surface area contributed by atoms with E-state index >= 15 is 0 Å². The van der Waals surface area contributed by atoms with Crippen molar-refractivity contribution in [2.75, 3.05) is 0 Å². The highest BCUT2D eigenvalue weighted by Gasteiger charge is 2.11. The molecule has 1 aromatic heterocycles. The molecule has 4 nitrogen and oxygen atoms in total. The van der Waals surface area contributed by atoms with Crippen LogP contribution in [0.4, 0.5) is 0 Å². The first-order chi connectivity index (χ1) is 8.61. The van der Waals surface area contributed by atoms with Crippen molar-refractivity contribution in [1.82, 2.24) is 14.8 Å². The molecule has 4 heteroatoms. The number of nitrogens with two attached hydrogens (primary N) is 1. The molecule has 1 heterocycles. The summed E-state index contributed by atoms with van der Waals surface area (Å²) in [6.07, 6.45) is 0.781. The van der Waals surface area contributed by atoms with E-state index in [-0.39, 0.29) is 0 Å². The summed E-state index contributed by atoms with van der Waals surface area (Å²) in [7, 11) is 1.94. The molecule has 0 aliphatic carbocycles. The zero-order chi connectivity index (χ0) is 13.1. The van der Waals surface area contributed by atoms with Crippen LogP contribution < -0.4 is 5.73 Å². The number of hydrogen-bond acceptors (Lipinski definition) is 3. The van der Waals surface area contributed by atoms with Crippen molar-refractivity contribution in [3.8, 4) is 0 Å². The van der Waals surface area contributed by atoms with Gasteiger partial charge in [-0.25, -0.2) is 4.98 Å². The quantitative estimate of drug-likeness (QED) is 0.894. The lowest BCUT2D eigenvalue weighted by atomic mass is 10.0. The molecule has 2 N–H and O–H groups in total. The Labute approximate surface area is 108 Å². The molecule has 0 aliphatic rings. The smallest absolute Gasteiger partial charge is 0.153 e. The van der Waals surface area contributed by atoms with Gasteiger partial charge in [-0.3, -0.25) is 4.68 Å². The molecule has 0 spiro atoms. The number of aromatic nitrogens is 3. The molecule has 0 fully saturated rings. The Balaban J connectivity index is 2.28. The van der Waals surface area contributed by atoms with Crippen LogP contribution in [0, 0.1) is 0 Å². The first-order valence-electron chi connectivity index (χ1n) is 6.28. The van der Waals surface area contributed by atoms with E-state index in [1.165, 1.54) is 11.1 Å². The van der Waals surface area contributed by atoms with Crippen LogP contribution in [-0.4, -0.2) is 14.8 Å². The summed E-state index contributed by atoms with van der Waals surface area (Å²) in [6.45, 7) is 4.77. The minimum Gasteiger partial charge on any atom is -0.326 e. The maximum Gasteiger partial charge on any atom is 0.153 e. The van der Waals surface area contributed by atoms with Gasteiger partial charge in [0.05, 0.1) is 0 Å². The largest absolute Gasteiger partial charge is 0.326 e. The molecule has 0 atom stereocenters. The van der Waals surface area contributed by atoms with Crippen molar-refractivity contribution in [1.29, 1.82) is 0 Å². The lowest BCUT2D eigenvalue weighted by molar-refractivity contribution is 0.688. The van der Waals surface area contributed by atoms with E-state index < -0.39 is 0 Å². The zero-order valence-electron chi connectivity index (χ0n) is 11.2. The fraction of sp³-hybridized carbons (Fsp3) is 0.429. The van der Waals surface area contributed by atoms with Gasteiger partial charge < -0.3 is 5.73 Å². The minimum absolute atomic E-state index is 0.356. The molecule has 96 valence electrons. The van der Waals surface area contributed by atoms with Crippen LogP contribution in [0.25, 0.3) is 0 Å². The van der Waals surface area contributed by atoms with E-state index in [0.29, 0.717) is 12.5 Å². The lowest BCUT2D eigenvalue weighted by Crippen LogP contribution is -2.05. The Morgan fingerprint density at radius 3 is 2.44 bits per heavy atom. The molecule has 2 rings (SSSR count). The Bertz CT molecular complexity index is 528. The van der Waals surface area contributed by atoms with Gasteiger partial charge in [0.2, 0.25) is 0 Å². The van der Waals surface area contributed by atoms with Gasteiger partial charge in [0.15, 0.2) is 5.82 Å². The van der Waals surface area contributed by atoms with Crippen molar-refractivity contribution in [2.45, 2.75) is 32.7 Å². The molecule has 1 aromatic carbocycles. The molecule has 0 amide bonds. The summed E-state index contributed by atoms with van der Waals surface area (Å²) in [5.74, 6) is 2.24. The Kier molecular flexibility index (Phi) is 3.77. The normalized spacial score (nSPS) is 11.2. The third-order valence-corrected chi connectivity index (χ3v) is 3.07. The Hall–Kier alpha value is -1.68. The van der Waals surface area contributed by atoms with E-state index in [4.69, 9.17) is 5.73 Å². The molecular formula is C14H20N4. The summed E-state index contributed by atoms with van der Waals surface area (Å²) in [4.78, 5) is 4.59. The van der Waals surface area contributed by atoms with Crippen LogP contribution in [0.3, 0.4) is 0 Å². The van der Waals surface area contributed by atoms with E-state index in [0.717, 1.165) is 18.1 Å². The second kappa shape index (κ2) is 5.31. The number of aryl methyl sites for hydroxylation is 1. The molecule has 18 heavy (non-hydrogen) atoms. The molecule has 2 aromatic rings.